The number of halogens is 4. The molecule has 1 fully saturated rings. The van der Waals surface area contributed by atoms with Crippen LogP contribution in [0.25, 0.3) is 0 Å². The van der Waals surface area contributed by atoms with E-state index in [2.05, 4.69) is 0 Å². The van der Waals surface area contributed by atoms with Gasteiger partial charge in [0.05, 0.1) is 4.92 Å². The van der Waals surface area contributed by atoms with Crippen LogP contribution in [0, 0.1) is 15.9 Å². The van der Waals surface area contributed by atoms with Crippen molar-refractivity contribution >= 4 is 11.4 Å². The van der Waals surface area contributed by atoms with E-state index in [0.29, 0.717) is 18.9 Å². The Hall–Kier alpha value is -1.86. The molecule has 1 aromatic carbocycles. The molecule has 1 aliphatic heterocycles. The molecule has 0 amide bonds. The second kappa shape index (κ2) is 5.26. The first-order chi connectivity index (χ1) is 9.32. The van der Waals surface area contributed by atoms with Crippen molar-refractivity contribution in [2.24, 2.45) is 0 Å². The molecule has 110 valence electrons. The third kappa shape index (κ3) is 2.68. The summed E-state index contributed by atoms with van der Waals surface area (Å²) in [6, 6.07) is 1.28. The maximum Gasteiger partial charge on any atom is 0.421 e. The maximum atomic E-state index is 13.6. The molecule has 0 bridgehead atoms. The van der Waals surface area contributed by atoms with Crippen LogP contribution in [0.5, 0.6) is 0 Å². The van der Waals surface area contributed by atoms with Crippen molar-refractivity contribution in [1.29, 1.82) is 0 Å². The molecule has 0 spiro atoms. The molecule has 0 unspecified atom stereocenters. The molecule has 0 N–H and O–H groups in total. The molecule has 0 atom stereocenters. The summed E-state index contributed by atoms with van der Waals surface area (Å²) >= 11 is 0. The predicted molar refractivity (Wildman–Crippen MR) is 64.1 cm³/mol. The average Bonchev–Trinajstić information content (AvgIpc) is 2.37. The molecular formula is C12H12F4N2O2. The zero-order valence-electron chi connectivity index (χ0n) is 10.4. The quantitative estimate of drug-likeness (QED) is 0.474. The molecule has 1 aliphatic rings. The minimum Gasteiger partial charge on any atom is -0.365 e. The molecule has 0 radical (unpaired) electrons. The van der Waals surface area contributed by atoms with Crippen molar-refractivity contribution < 1.29 is 22.5 Å². The van der Waals surface area contributed by atoms with E-state index < -0.39 is 33.9 Å². The number of piperidine rings is 1. The summed E-state index contributed by atoms with van der Waals surface area (Å²) in [5, 5.41) is 10.9. The lowest BCUT2D eigenvalue weighted by Crippen LogP contribution is -2.32. The van der Waals surface area contributed by atoms with Crippen molar-refractivity contribution in [3.63, 3.8) is 0 Å². The normalized spacial score (nSPS) is 16.3. The Balaban J connectivity index is 2.65. The predicted octanol–water partition coefficient (Wildman–Crippen LogP) is 3.74. The van der Waals surface area contributed by atoms with Gasteiger partial charge in [0, 0.05) is 19.2 Å². The first-order valence-electron chi connectivity index (χ1n) is 6.11. The standard InChI is InChI=1S/C12H12F4N2O2/c13-8-4-5-9(18(19)20)11(10(8)12(14,15)16)17-6-2-1-3-7-17/h4-5H,1-3,6-7H2. The monoisotopic (exact) mass is 292 g/mol. The van der Waals surface area contributed by atoms with Gasteiger partial charge in [0.1, 0.15) is 17.1 Å². The zero-order chi connectivity index (χ0) is 14.9. The smallest absolute Gasteiger partial charge is 0.365 e. The van der Waals surface area contributed by atoms with Crippen LogP contribution in [0.2, 0.25) is 0 Å². The zero-order valence-corrected chi connectivity index (χ0v) is 10.4. The molecular weight excluding hydrogens is 280 g/mol. The van der Waals surface area contributed by atoms with Gasteiger partial charge in [0.25, 0.3) is 5.69 Å². The number of nitro benzene ring substituents is 1. The van der Waals surface area contributed by atoms with Crippen molar-refractivity contribution in [3.05, 3.63) is 33.6 Å². The number of nitrogens with zero attached hydrogens (tertiary/aromatic N) is 2. The molecule has 4 nitrogen and oxygen atoms in total. The number of nitro groups is 1. The summed E-state index contributed by atoms with van der Waals surface area (Å²) in [6.45, 7) is 0.515. The van der Waals surface area contributed by atoms with Gasteiger partial charge in [-0.05, 0) is 25.3 Å². The van der Waals surface area contributed by atoms with Gasteiger partial charge in [0.2, 0.25) is 0 Å². The van der Waals surface area contributed by atoms with Crippen LogP contribution < -0.4 is 4.90 Å². The minimum atomic E-state index is -4.97. The van der Waals surface area contributed by atoms with Crippen LogP contribution in [-0.4, -0.2) is 18.0 Å². The fraction of sp³-hybridized carbons (Fsp3) is 0.500. The maximum absolute atomic E-state index is 13.6. The second-order valence-electron chi connectivity index (χ2n) is 4.59. The van der Waals surface area contributed by atoms with Crippen LogP contribution in [0.3, 0.4) is 0 Å². The number of hydrogen-bond acceptors (Lipinski definition) is 3. The first kappa shape index (κ1) is 14.5. The van der Waals surface area contributed by atoms with Gasteiger partial charge in [0.15, 0.2) is 0 Å². The summed E-state index contributed by atoms with van der Waals surface area (Å²) in [5.74, 6) is -1.48. The number of alkyl halides is 3. The van der Waals surface area contributed by atoms with Crippen molar-refractivity contribution in [2.45, 2.75) is 25.4 Å². The van der Waals surface area contributed by atoms with Crippen LogP contribution in [0.15, 0.2) is 12.1 Å². The molecule has 0 saturated carbocycles. The van der Waals surface area contributed by atoms with Crippen LogP contribution in [0.1, 0.15) is 24.8 Å². The summed E-state index contributed by atoms with van der Waals surface area (Å²) < 4.78 is 52.6. The van der Waals surface area contributed by atoms with Crippen LogP contribution >= 0.6 is 0 Å². The average molecular weight is 292 g/mol. The highest BCUT2D eigenvalue weighted by molar-refractivity contribution is 5.69. The van der Waals surface area contributed by atoms with E-state index >= 15 is 0 Å². The van der Waals surface area contributed by atoms with E-state index in [0.717, 1.165) is 12.5 Å². The van der Waals surface area contributed by atoms with E-state index in [9.17, 15) is 27.7 Å². The van der Waals surface area contributed by atoms with Gasteiger partial charge >= 0.3 is 6.18 Å². The van der Waals surface area contributed by atoms with Crippen LogP contribution in [-0.2, 0) is 6.18 Å². The van der Waals surface area contributed by atoms with Gasteiger partial charge in [-0.1, -0.05) is 0 Å². The minimum absolute atomic E-state index is 0.257. The van der Waals surface area contributed by atoms with Crippen LogP contribution in [0.4, 0.5) is 28.9 Å². The molecule has 8 heteroatoms. The largest absolute Gasteiger partial charge is 0.421 e. The SMILES string of the molecule is O=[N+]([O-])c1ccc(F)c(C(F)(F)F)c1N1CCCCC1. The highest BCUT2D eigenvalue weighted by Gasteiger charge is 2.42. The first-order valence-corrected chi connectivity index (χ1v) is 6.11. The Kier molecular flexibility index (Phi) is 3.82. The molecule has 20 heavy (non-hydrogen) atoms. The summed E-state index contributed by atoms with van der Waals surface area (Å²) in [7, 11) is 0. The summed E-state index contributed by atoms with van der Waals surface area (Å²) in [6.07, 6.45) is -2.86. The number of anilines is 1. The fourth-order valence-electron chi connectivity index (χ4n) is 2.41. The Morgan fingerprint density at radius 3 is 2.25 bits per heavy atom. The van der Waals surface area contributed by atoms with Gasteiger partial charge in [-0.3, -0.25) is 10.1 Å². The molecule has 0 aromatic heterocycles. The third-order valence-corrected chi connectivity index (χ3v) is 3.26. The molecule has 2 rings (SSSR count). The Bertz CT molecular complexity index is 525. The van der Waals surface area contributed by atoms with Gasteiger partial charge in [-0.15, -0.1) is 0 Å². The summed E-state index contributed by atoms with van der Waals surface area (Å²) in [5.41, 5.74) is -2.91. The molecule has 0 aliphatic carbocycles. The number of benzene rings is 1. The van der Waals surface area contributed by atoms with E-state index in [4.69, 9.17) is 0 Å². The fourth-order valence-corrected chi connectivity index (χ4v) is 2.41. The molecule has 1 saturated heterocycles. The number of hydrogen-bond donors (Lipinski definition) is 0. The van der Waals surface area contributed by atoms with Gasteiger partial charge < -0.3 is 4.90 Å². The molecule has 1 aromatic rings. The van der Waals surface area contributed by atoms with Crippen molar-refractivity contribution in [1.82, 2.24) is 0 Å². The van der Waals surface area contributed by atoms with Gasteiger partial charge in [-0.25, -0.2) is 4.39 Å². The second-order valence-corrected chi connectivity index (χ2v) is 4.59. The number of rotatable bonds is 2. The lowest BCUT2D eigenvalue weighted by Gasteiger charge is -2.30. The van der Waals surface area contributed by atoms with Crippen molar-refractivity contribution in [3.8, 4) is 0 Å². The van der Waals surface area contributed by atoms with E-state index in [-0.39, 0.29) is 13.1 Å². The molecule has 1 heterocycles. The van der Waals surface area contributed by atoms with E-state index in [1.165, 1.54) is 4.90 Å². The van der Waals surface area contributed by atoms with Gasteiger partial charge in [-0.2, -0.15) is 13.2 Å². The van der Waals surface area contributed by atoms with Crippen molar-refractivity contribution in [2.75, 3.05) is 18.0 Å². The Labute approximate surface area is 112 Å². The topological polar surface area (TPSA) is 46.4 Å². The highest BCUT2D eigenvalue weighted by Crippen LogP contribution is 2.44. The Morgan fingerprint density at radius 1 is 1.15 bits per heavy atom. The third-order valence-electron chi connectivity index (χ3n) is 3.26. The lowest BCUT2D eigenvalue weighted by atomic mass is 10.0. The summed E-state index contributed by atoms with van der Waals surface area (Å²) in [4.78, 5) is 11.3. The highest BCUT2D eigenvalue weighted by atomic mass is 19.4. The lowest BCUT2D eigenvalue weighted by molar-refractivity contribution is -0.384. The van der Waals surface area contributed by atoms with E-state index in [1.807, 2.05) is 0 Å². The Morgan fingerprint density at radius 2 is 1.75 bits per heavy atom. The van der Waals surface area contributed by atoms with E-state index in [1.54, 1.807) is 0 Å².